The predicted molar refractivity (Wildman–Crippen MR) is 116 cm³/mol. The highest BCUT2D eigenvalue weighted by molar-refractivity contribution is 7.13. The van der Waals surface area contributed by atoms with Crippen molar-refractivity contribution in [3.8, 4) is 10.6 Å². The van der Waals surface area contributed by atoms with Gasteiger partial charge in [0.2, 0.25) is 0 Å². The Kier molecular flexibility index (Phi) is 5.86. The zero-order valence-electron chi connectivity index (χ0n) is 17.7. The van der Waals surface area contributed by atoms with E-state index in [9.17, 15) is 23.1 Å². The molecule has 3 aromatic rings. The third-order valence-electron chi connectivity index (χ3n) is 6.11. The van der Waals surface area contributed by atoms with Crippen molar-refractivity contribution in [1.82, 2.24) is 14.9 Å². The van der Waals surface area contributed by atoms with Crippen molar-refractivity contribution >= 4 is 34.5 Å². The first-order valence-electron chi connectivity index (χ1n) is 10.7. The lowest BCUT2D eigenvalue weighted by Gasteiger charge is -2.38. The Morgan fingerprint density at radius 2 is 2.03 bits per heavy atom. The number of nitrogens with zero attached hydrogens (tertiary/aromatic N) is 4. The van der Waals surface area contributed by atoms with Gasteiger partial charge in [-0.1, -0.05) is 0 Å². The lowest BCUT2D eigenvalue weighted by Crippen LogP contribution is -2.55. The molecule has 1 aromatic carbocycles. The van der Waals surface area contributed by atoms with Crippen LogP contribution in [0.15, 0.2) is 28.1 Å². The third kappa shape index (κ3) is 4.07. The molecule has 2 fully saturated rings. The monoisotopic (exact) mass is 498 g/mol. The quantitative estimate of drug-likeness (QED) is 0.527. The molecule has 2 aromatic heterocycles. The highest BCUT2D eigenvalue weighted by Crippen LogP contribution is 2.42. The molecule has 9 nitrogen and oxygen atoms in total. The van der Waals surface area contributed by atoms with Crippen molar-refractivity contribution in [3.63, 3.8) is 0 Å². The number of oxazole rings is 1. The summed E-state index contributed by atoms with van der Waals surface area (Å²) in [6.07, 6.45) is -4.90. The maximum absolute atomic E-state index is 13.8. The molecule has 2 aliphatic rings. The molecular weight excluding hydrogens is 477 g/mol. The molecule has 0 radical (unpaired) electrons. The standard InChI is InChI=1S/C21H21F3N4O5S/c22-21(23,24)17(32-5-4-29)11-7-14(18-25-3-6-34-18)16-15(8-11)26-19(33-16)27-9-12-1-2-13(10-27)28(12)20(30)31/h3,6-8,12-13,17,29H,1-2,4-5,9-10H2,(H,30,31). The van der Waals surface area contributed by atoms with Crippen LogP contribution in [0.5, 0.6) is 0 Å². The molecule has 4 heterocycles. The summed E-state index contributed by atoms with van der Waals surface area (Å²) in [5.41, 5.74) is 0.696. The normalized spacial score (nSPS) is 21.4. The van der Waals surface area contributed by atoms with Gasteiger partial charge >= 0.3 is 12.3 Å². The molecule has 0 aliphatic carbocycles. The maximum atomic E-state index is 13.8. The molecule has 13 heteroatoms. The van der Waals surface area contributed by atoms with Gasteiger partial charge in [0.05, 0.1) is 30.9 Å². The fourth-order valence-electron chi connectivity index (χ4n) is 4.77. The van der Waals surface area contributed by atoms with Gasteiger partial charge in [-0.3, -0.25) is 4.90 Å². The molecule has 34 heavy (non-hydrogen) atoms. The molecule has 2 aliphatic heterocycles. The summed E-state index contributed by atoms with van der Waals surface area (Å²) < 4.78 is 52.3. The number of fused-ring (bicyclic) bond motifs is 3. The van der Waals surface area contributed by atoms with Crippen molar-refractivity contribution in [2.45, 2.75) is 37.2 Å². The second-order valence-corrected chi connectivity index (χ2v) is 9.14. The minimum atomic E-state index is -4.71. The smallest absolute Gasteiger partial charge is 0.418 e. The predicted octanol–water partition coefficient (Wildman–Crippen LogP) is 3.89. The average Bonchev–Trinajstić information content (AvgIpc) is 3.50. The van der Waals surface area contributed by atoms with Gasteiger partial charge < -0.3 is 24.3 Å². The van der Waals surface area contributed by atoms with E-state index in [1.165, 1.54) is 28.4 Å². The topological polar surface area (TPSA) is 112 Å². The number of anilines is 1. The molecule has 3 unspecified atom stereocenters. The summed E-state index contributed by atoms with van der Waals surface area (Å²) in [7, 11) is 0. The summed E-state index contributed by atoms with van der Waals surface area (Å²) in [4.78, 5) is 23.6. The second kappa shape index (κ2) is 8.71. The zero-order valence-corrected chi connectivity index (χ0v) is 18.6. The number of carbonyl (C=O) groups is 1. The van der Waals surface area contributed by atoms with Crippen LogP contribution in [0, 0.1) is 0 Å². The second-order valence-electron chi connectivity index (χ2n) is 8.25. The molecule has 182 valence electrons. The van der Waals surface area contributed by atoms with E-state index in [0.717, 1.165) is 12.8 Å². The molecule has 0 saturated carbocycles. The van der Waals surface area contributed by atoms with Crippen LogP contribution in [-0.4, -0.2) is 75.7 Å². The highest BCUT2D eigenvalue weighted by Gasteiger charge is 2.45. The number of ether oxygens (including phenoxy) is 1. The van der Waals surface area contributed by atoms with Crippen LogP contribution in [0.2, 0.25) is 0 Å². The first-order valence-corrected chi connectivity index (χ1v) is 11.5. The Morgan fingerprint density at radius 1 is 1.29 bits per heavy atom. The van der Waals surface area contributed by atoms with E-state index in [1.54, 1.807) is 11.6 Å². The molecule has 0 spiro atoms. The molecule has 3 atom stereocenters. The number of carboxylic acid groups (broad SMARTS) is 1. The zero-order chi connectivity index (χ0) is 24.0. The number of amides is 1. The minimum absolute atomic E-state index is 0.172. The Morgan fingerprint density at radius 3 is 2.62 bits per heavy atom. The Balaban J connectivity index is 1.56. The van der Waals surface area contributed by atoms with Gasteiger partial charge in [0.15, 0.2) is 11.7 Å². The highest BCUT2D eigenvalue weighted by atomic mass is 32.1. The lowest BCUT2D eigenvalue weighted by atomic mass is 10.0. The number of hydrogen-bond acceptors (Lipinski definition) is 8. The number of aliphatic hydroxyl groups is 1. The van der Waals surface area contributed by atoms with Crippen LogP contribution in [-0.2, 0) is 4.74 Å². The Hall–Kier alpha value is -2.90. The van der Waals surface area contributed by atoms with E-state index >= 15 is 0 Å². The molecular formula is C21H21F3N4O5S. The van der Waals surface area contributed by atoms with Gasteiger partial charge in [-0.2, -0.15) is 18.2 Å². The van der Waals surface area contributed by atoms with E-state index in [4.69, 9.17) is 14.3 Å². The Bertz CT molecular complexity index is 1170. The molecule has 1 amide bonds. The number of thiazole rings is 1. The first-order chi connectivity index (χ1) is 16.3. The lowest BCUT2D eigenvalue weighted by molar-refractivity contribution is -0.225. The maximum Gasteiger partial charge on any atom is 0.418 e. The molecule has 5 rings (SSSR count). The number of piperazine rings is 1. The van der Waals surface area contributed by atoms with Gasteiger partial charge in [0, 0.05) is 24.7 Å². The van der Waals surface area contributed by atoms with Gasteiger partial charge in [-0.15, -0.1) is 11.3 Å². The van der Waals surface area contributed by atoms with Gasteiger partial charge in [0.1, 0.15) is 10.5 Å². The van der Waals surface area contributed by atoms with E-state index in [-0.39, 0.29) is 29.2 Å². The summed E-state index contributed by atoms with van der Waals surface area (Å²) in [6.45, 7) is -0.248. The van der Waals surface area contributed by atoms with Crippen LogP contribution in [0.4, 0.5) is 24.0 Å². The van der Waals surface area contributed by atoms with Crippen molar-refractivity contribution in [1.29, 1.82) is 0 Å². The largest absolute Gasteiger partial charge is 0.465 e. The number of benzene rings is 1. The summed E-state index contributed by atoms with van der Waals surface area (Å²) in [6, 6.07) is 2.45. The minimum Gasteiger partial charge on any atom is -0.465 e. The van der Waals surface area contributed by atoms with Gasteiger partial charge in [-0.25, -0.2) is 9.78 Å². The van der Waals surface area contributed by atoms with E-state index < -0.39 is 31.6 Å². The van der Waals surface area contributed by atoms with Crippen LogP contribution in [0.3, 0.4) is 0 Å². The van der Waals surface area contributed by atoms with Crippen molar-refractivity contribution in [2.75, 3.05) is 31.2 Å². The van der Waals surface area contributed by atoms with Crippen molar-refractivity contribution < 1.29 is 37.3 Å². The first kappa shape index (κ1) is 22.9. The average molecular weight is 498 g/mol. The third-order valence-corrected chi connectivity index (χ3v) is 6.92. The van der Waals surface area contributed by atoms with Crippen LogP contribution < -0.4 is 4.90 Å². The van der Waals surface area contributed by atoms with E-state index in [0.29, 0.717) is 29.2 Å². The van der Waals surface area contributed by atoms with Crippen molar-refractivity contribution in [3.05, 3.63) is 29.3 Å². The van der Waals surface area contributed by atoms with Crippen molar-refractivity contribution in [2.24, 2.45) is 0 Å². The molecule has 2 N–H and O–H groups in total. The number of alkyl halides is 3. The number of hydrogen-bond donors (Lipinski definition) is 2. The SMILES string of the molecule is O=C(O)N1C2CCC1CN(c1nc3cc(C(OCCO)C(F)(F)F)cc(-c4nccs4)c3o1)C2. The molecule has 2 bridgehead atoms. The van der Waals surface area contributed by atoms with E-state index in [1.807, 2.05) is 4.90 Å². The van der Waals surface area contributed by atoms with Gasteiger partial charge in [0.25, 0.3) is 6.01 Å². The number of aromatic nitrogens is 2. The number of rotatable bonds is 6. The summed E-state index contributed by atoms with van der Waals surface area (Å²) >= 11 is 1.25. The van der Waals surface area contributed by atoms with E-state index in [2.05, 4.69) is 9.97 Å². The summed E-state index contributed by atoms with van der Waals surface area (Å²) in [5.74, 6) is 0. The summed E-state index contributed by atoms with van der Waals surface area (Å²) in [5, 5.41) is 20.6. The van der Waals surface area contributed by atoms with Crippen LogP contribution >= 0.6 is 11.3 Å². The fraction of sp³-hybridized carbons (Fsp3) is 0.476. The number of aliphatic hydroxyl groups excluding tert-OH is 1. The molecule has 2 saturated heterocycles. The number of halogens is 3. The van der Waals surface area contributed by atoms with Crippen LogP contribution in [0.25, 0.3) is 21.7 Å². The van der Waals surface area contributed by atoms with Crippen LogP contribution in [0.1, 0.15) is 24.5 Å². The Labute approximate surface area is 195 Å². The van der Waals surface area contributed by atoms with Gasteiger partial charge in [-0.05, 0) is 30.5 Å². The fourth-order valence-corrected chi connectivity index (χ4v) is 5.42.